The predicted molar refractivity (Wildman–Crippen MR) is 43.8 cm³/mol. The van der Waals surface area contributed by atoms with Crippen LogP contribution in [0, 0.1) is 22.7 Å². The van der Waals surface area contributed by atoms with Crippen LogP contribution in [0.2, 0.25) is 0 Å². The minimum atomic E-state index is 0.0803. The molecule has 0 N–H and O–H groups in total. The second kappa shape index (κ2) is 2.37. The summed E-state index contributed by atoms with van der Waals surface area (Å²) < 4.78 is 0. The smallest absolute Gasteiger partial charge is 0.0695 e. The zero-order valence-electron chi connectivity index (χ0n) is 6.71. The van der Waals surface area contributed by atoms with Crippen LogP contribution in [0.25, 0.3) is 0 Å². The quantitative estimate of drug-likeness (QED) is 0.523. The summed E-state index contributed by atoms with van der Waals surface area (Å²) in [6, 6.07) is 2.47. The molecule has 0 spiro atoms. The Kier molecular flexibility index (Phi) is 1.49. The summed E-state index contributed by atoms with van der Waals surface area (Å²) >= 11 is 0. The Hall–Kier alpha value is -0.770. The van der Waals surface area contributed by atoms with Crippen molar-refractivity contribution in [2.75, 3.05) is 0 Å². The van der Waals surface area contributed by atoms with E-state index in [9.17, 15) is 0 Å². The van der Waals surface area contributed by atoms with Gasteiger partial charge < -0.3 is 0 Å². The van der Waals surface area contributed by atoms with Crippen molar-refractivity contribution in [1.29, 1.82) is 5.26 Å². The van der Waals surface area contributed by atoms with Crippen LogP contribution < -0.4 is 0 Å². The van der Waals surface area contributed by atoms with Gasteiger partial charge in [-0.15, -0.1) is 0 Å². The number of nitriles is 1. The van der Waals surface area contributed by atoms with E-state index in [1.807, 2.05) is 0 Å². The Balaban J connectivity index is 2.10. The van der Waals surface area contributed by atoms with Gasteiger partial charge in [0, 0.05) is 0 Å². The first-order chi connectivity index (χ1) is 5.37. The molecule has 0 aromatic heterocycles. The fourth-order valence-corrected chi connectivity index (χ4v) is 1.97. The summed E-state index contributed by atoms with van der Waals surface area (Å²) in [7, 11) is 0. The zero-order chi connectivity index (χ0) is 7.73. The summed E-state index contributed by atoms with van der Waals surface area (Å²) in [6.45, 7) is 0. The number of nitrogens with zero attached hydrogens (tertiary/aromatic N) is 1. The van der Waals surface area contributed by atoms with Crippen molar-refractivity contribution < 1.29 is 0 Å². The highest BCUT2D eigenvalue weighted by Gasteiger charge is 2.48. The average molecular weight is 147 g/mol. The molecule has 0 heterocycles. The first-order valence-corrected chi connectivity index (χ1v) is 4.45. The van der Waals surface area contributed by atoms with E-state index in [0.717, 1.165) is 12.8 Å². The highest BCUT2D eigenvalue weighted by molar-refractivity contribution is 5.18. The maximum Gasteiger partial charge on any atom is 0.0695 e. The van der Waals surface area contributed by atoms with Gasteiger partial charge in [-0.1, -0.05) is 12.2 Å². The number of rotatable bonds is 1. The maximum absolute atomic E-state index is 8.92. The van der Waals surface area contributed by atoms with Gasteiger partial charge in [0.15, 0.2) is 0 Å². The molecule has 0 amide bonds. The lowest BCUT2D eigenvalue weighted by molar-refractivity contribution is 0.412. The molecule has 1 heteroatoms. The lowest BCUT2D eigenvalue weighted by Gasteiger charge is -2.20. The van der Waals surface area contributed by atoms with Crippen molar-refractivity contribution >= 4 is 0 Å². The van der Waals surface area contributed by atoms with Crippen molar-refractivity contribution in [2.45, 2.75) is 32.1 Å². The summed E-state index contributed by atoms with van der Waals surface area (Å²) in [5, 5.41) is 8.92. The van der Waals surface area contributed by atoms with Crippen molar-refractivity contribution in [3.8, 4) is 6.07 Å². The van der Waals surface area contributed by atoms with Crippen LogP contribution in [0.3, 0.4) is 0 Å². The number of allylic oxidation sites excluding steroid dienone is 2. The standard InChI is InChI=1S/C10H13N/c11-8-10(6-7-10)9-4-2-1-3-5-9/h2,4,9H,1,3,5-7H2. The Morgan fingerprint density at radius 1 is 1.45 bits per heavy atom. The van der Waals surface area contributed by atoms with Gasteiger partial charge >= 0.3 is 0 Å². The van der Waals surface area contributed by atoms with E-state index >= 15 is 0 Å². The van der Waals surface area contributed by atoms with Gasteiger partial charge in [0.2, 0.25) is 0 Å². The van der Waals surface area contributed by atoms with E-state index in [2.05, 4.69) is 18.2 Å². The molecule has 2 aliphatic rings. The van der Waals surface area contributed by atoms with Crippen LogP contribution >= 0.6 is 0 Å². The Morgan fingerprint density at radius 3 is 2.73 bits per heavy atom. The Morgan fingerprint density at radius 2 is 2.27 bits per heavy atom. The van der Waals surface area contributed by atoms with Gasteiger partial charge in [0.1, 0.15) is 0 Å². The van der Waals surface area contributed by atoms with Crippen molar-refractivity contribution in [1.82, 2.24) is 0 Å². The summed E-state index contributed by atoms with van der Waals surface area (Å²) in [4.78, 5) is 0. The molecule has 1 saturated carbocycles. The molecule has 1 atom stereocenters. The molecule has 2 aliphatic carbocycles. The normalized spacial score (nSPS) is 32.8. The largest absolute Gasteiger partial charge is 0.198 e. The van der Waals surface area contributed by atoms with E-state index < -0.39 is 0 Å². The molecule has 1 fully saturated rings. The minimum absolute atomic E-state index is 0.0803. The summed E-state index contributed by atoms with van der Waals surface area (Å²) in [5.41, 5.74) is 0.0803. The molecule has 0 radical (unpaired) electrons. The monoisotopic (exact) mass is 147 g/mol. The van der Waals surface area contributed by atoms with Gasteiger partial charge in [-0.05, 0) is 38.0 Å². The molecular formula is C10H13N. The molecule has 0 aromatic carbocycles. The van der Waals surface area contributed by atoms with Gasteiger partial charge in [-0.3, -0.25) is 0 Å². The lowest BCUT2D eigenvalue weighted by Crippen LogP contribution is -2.13. The molecule has 1 nitrogen and oxygen atoms in total. The Labute approximate surface area is 67.7 Å². The molecule has 0 aliphatic heterocycles. The van der Waals surface area contributed by atoms with Crippen LogP contribution in [0.1, 0.15) is 32.1 Å². The van der Waals surface area contributed by atoms with Crippen LogP contribution in [0.4, 0.5) is 0 Å². The maximum atomic E-state index is 8.92. The highest BCUT2D eigenvalue weighted by atomic mass is 14.5. The molecule has 0 saturated heterocycles. The van der Waals surface area contributed by atoms with E-state index in [-0.39, 0.29) is 5.41 Å². The summed E-state index contributed by atoms with van der Waals surface area (Å²) in [6.07, 6.45) is 10.5. The van der Waals surface area contributed by atoms with Gasteiger partial charge in [-0.25, -0.2) is 0 Å². The third-order valence-corrected chi connectivity index (χ3v) is 2.98. The van der Waals surface area contributed by atoms with E-state index in [0.29, 0.717) is 5.92 Å². The van der Waals surface area contributed by atoms with E-state index in [1.54, 1.807) is 0 Å². The fourth-order valence-electron chi connectivity index (χ4n) is 1.97. The molecular weight excluding hydrogens is 134 g/mol. The second-order valence-corrected chi connectivity index (χ2v) is 3.73. The van der Waals surface area contributed by atoms with Crippen LogP contribution in [0.15, 0.2) is 12.2 Å². The first-order valence-electron chi connectivity index (χ1n) is 4.45. The fraction of sp³-hybridized carbons (Fsp3) is 0.700. The molecule has 58 valence electrons. The predicted octanol–water partition coefficient (Wildman–Crippen LogP) is 2.65. The minimum Gasteiger partial charge on any atom is -0.198 e. The highest BCUT2D eigenvalue weighted by Crippen LogP contribution is 2.54. The van der Waals surface area contributed by atoms with Crippen LogP contribution in [-0.4, -0.2) is 0 Å². The van der Waals surface area contributed by atoms with Crippen LogP contribution in [0.5, 0.6) is 0 Å². The molecule has 0 bridgehead atoms. The first kappa shape index (κ1) is 6.91. The molecule has 2 rings (SSSR count). The lowest BCUT2D eigenvalue weighted by atomic mass is 9.83. The van der Waals surface area contributed by atoms with Crippen molar-refractivity contribution in [3.63, 3.8) is 0 Å². The van der Waals surface area contributed by atoms with Gasteiger partial charge in [0.25, 0.3) is 0 Å². The Bertz CT molecular complexity index is 218. The second-order valence-electron chi connectivity index (χ2n) is 3.73. The molecule has 1 unspecified atom stereocenters. The van der Waals surface area contributed by atoms with Crippen LogP contribution in [-0.2, 0) is 0 Å². The van der Waals surface area contributed by atoms with Crippen molar-refractivity contribution in [2.24, 2.45) is 11.3 Å². The summed E-state index contributed by atoms with van der Waals surface area (Å²) in [5.74, 6) is 0.584. The average Bonchev–Trinajstić information content (AvgIpc) is 2.86. The van der Waals surface area contributed by atoms with E-state index in [1.165, 1.54) is 19.3 Å². The molecule has 11 heavy (non-hydrogen) atoms. The number of hydrogen-bond acceptors (Lipinski definition) is 1. The third-order valence-electron chi connectivity index (χ3n) is 2.98. The van der Waals surface area contributed by atoms with Crippen molar-refractivity contribution in [3.05, 3.63) is 12.2 Å². The topological polar surface area (TPSA) is 23.8 Å². The van der Waals surface area contributed by atoms with Gasteiger partial charge in [0.05, 0.1) is 11.5 Å². The molecule has 0 aromatic rings. The zero-order valence-corrected chi connectivity index (χ0v) is 6.71. The third kappa shape index (κ3) is 1.07. The number of hydrogen-bond donors (Lipinski definition) is 0. The SMILES string of the molecule is N#CC1(C2C=CCCC2)CC1. The van der Waals surface area contributed by atoms with Gasteiger partial charge in [-0.2, -0.15) is 5.26 Å². The van der Waals surface area contributed by atoms with E-state index in [4.69, 9.17) is 5.26 Å².